The number of hydrogen-bond acceptors (Lipinski definition) is 6. The zero-order chi connectivity index (χ0) is 20.8. The smallest absolute Gasteiger partial charge is 0.254 e. The number of rotatable bonds is 4. The molecule has 2 N–H and O–H groups in total. The Bertz CT molecular complexity index is 1080. The lowest BCUT2D eigenvalue weighted by molar-refractivity contribution is 0.0735. The average Bonchev–Trinajstić information content (AvgIpc) is 3.39. The number of carbonyl (C=O) groups excluding carboxylic acids is 2. The van der Waals surface area contributed by atoms with Gasteiger partial charge in [-0.3, -0.25) is 13.9 Å². The number of thiazole rings is 1. The molecule has 2 saturated heterocycles. The number of sulfonamides is 1. The van der Waals surface area contributed by atoms with Crippen molar-refractivity contribution in [2.45, 2.75) is 32.2 Å². The summed E-state index contributed by atoms with van der Waals surface area (Å²) in [6.07, 6.45) is 2.18. The highest BCUT2D eigenvalue weighted by molar-refractivity contribution is 7.93. The van der Waals surface area contributed by atoms with Crippen molar-refractivity contribution in [2.75, 3.05) is 23.1 Å². The predicted molar refractivity (Wildman–Crippen MR) is 111 cm³/mol. The summed E-state index contributed by atoms with van der Waals surface area (Å²) in [6, 6.07) is 4.31. The molecule has 154 valence electrons. The van der Waals surface area contributed by atoms with Gasteiger partial charge in [0, 0.05) is 35.3 Å². The predicted octanol–water partition coefficient (Wildman–Crippen LogP) is 2.07. The number of nitrogens with two attached hydrogens (primary N) is 1. The molecule has 2 fully saturated rings. The molecular formula is C19H22N4O4S2. The van der Waals surface area contributed by atoms with Crippen LogP contribution in [0.3, 0.4) is 0 Å². The molecule has 2 aliphatic rings. The summed E-state index contributed by atoms with van der Waals surface area (Å²) in [5.74, 6) is -0.901. The number of anilines is 1. The lowest BCUT2D eigenvalue weighted by atomic mass is 10.1. The van der Waals surface area contributed by atoms with E-state index in [0.717, 1.165) is 23.5 Å². The quantitative estimate of drug-likeness (QED) is 0.791. The molecule has 0 radical (unpaired) electrons. The zero-order valence-corrected chi connectivity index (χ0v) is 17.6. The molecular weight excluding hydrogens is 412 g/mol. The van der Waals surface area contributed by atoms with Crippen molar-refractivity contribution < 1.29 is 18.0 Å². The van der Waals surface area contributed by atoms with Crippen LogP contribution in [0, 0.1) is 6.92 Å². The van der Waals surface area contributed by atoms with Crippen molar-refractivity contribution in [3.8, 4) is 0 Å². The van der Waals surface area contributed by atoms with Gasteiger partial charge in [-0.2, -0.15) is 0 Å². The van der Waals surface area contributed by atoms with Gasteiger partial charge in [0.1, 0.15) is 5.01 Å². The number of hydrogen-bond donors (Lipinski definition) is 1. The van der Waals surface area contributed by atoms with E-state index in [1.54, 1.807) is 11.0 Å². The Balaban J connectivity index is 1.71. The van der Waals surface area contributed by atoms with Crippen molar-refractivity contribution >= 4 is 38.9 Å². The second-order valence-corrected chi connectivity index (χ2v) is 10.3. The molecule has 0 aliphatic carbocycles. The minimum atomic E-state index is -3.45. The third kappa shape index (κ3) is 3.74. The van der Waals surface area contributed by atoms with Gasteiger partial charge in [-0.25, -0.2) is 13.4 Å². The molecule has 29 heavy (non-hydrogen) atoms. The van der Waals surface area contributed by atoms with Crippen LogP contribution in [0.2, 0.25) is 0 Å². The van der Waals surface area contributed by atoms with Crippen LogP contribution in [0.5, 0.6) is 0 Å². The van der Waals surface area contributed by atoms with Crippen LogP contribution in [0.4, 0.5) is 5.69 Å². The van der Waals surface area contributed by atoms with Crippen molar-refractivity contribution in [3.63, 3.8) is 0 Å². The zero-order valence-electron chi connectivity index (χ0n) is 16.0. The van der Waals surface area contributed by atoms with Crippen molar-refractivity contribution in [1.29, 1.82) is 0 Å². The number of aryl methyl sites for hydroxylation is 1. The van der Waals surface area contributed by atoms with Gasteiger partial charge in [-0.1, -0.05) is 0 Å². The van der Waals surface area contributed by atoms with Crippen LogP contribution < -0.4 is 10.0 Å². The SMILES string of the molecule is Cc1csc(C2CCCN2C(=O)c2cc(C(N)=O)cc(N3CCCS3(=O)=O)c2)n1. The minimum absolute atomic E-state index is 0.0503. The van der Waals surface area contributed by atoms with Gasteiger partial charge in [-0.05, 0) is 44.4 Å². The molecule has 0 bridgehead atoms. The molecule has 3 heterocycles. The van der Waals surface area contributed by atoms with Gasteiger partial charge in [-0.15, -0.1) is 11.3 Å². The van der Waals surface area contributed by atoms with E-state index in [0.29, 0.717) is 25.2 Å². The van der Waals surface area contributed by atoms with Gasteiger partial charge in [0.25, 0.3) is 5.91 Å². The van der Waals surface area contributed by atoms with E-state index in [4.69, 9.17) is 5.73 Å². The Kier molecular flexibility index (Phi) is 5.07. The maximum Gasteiger partial charge on any atom is 0.254 e. The Morgan fingerprint density at radius 2 is 1.93 bits per heavy atom. The lowest BCUT2D eigenvalue weighted by Crippen LogP contribution is -2.31. The van der Waals surface area contributed by atoms with Crippen LogP contribution in [-0.4, -0.2) is 49.0 Å². The molecule has 0 saturated carbocycles. The molecule has 4 rings (SSSR count). The third-order valence-corrected chi connectivity index (χ3v) is 8.21. The first-order chi connectivity index (χ1) is 13.8. The first-order valence-corrected chi connectivity index (χ1v) is 11.9. The summed E-state index contributed by atoms with van der Waals surface area (Å²) in [5, 5.41) is 2.85. The van der Waals surface area contributed by atoms with Crippen LogP contribution >= 0.6 is 11.3 Å². The molecule has 2 aliphatic heterocycles. The summed E-state index contributed by atoms with van der Waals surface area (Å²) in [7, 11) is -3.45. The maximum atomic E-state index is 13.3. The van der Waals surface area contributed by atoms with E-state index in [2.05, 4.69) is 4.98 Å². The summed E-state index contributed by atoms with van der Waals surface area (Å²) in [4.78, 5) is 31.4. The van der Waals surface area contributed by atoms with E-state index in [1.807, 2.05) is 12.3 Å². The fourth-order valence-corrected chi connectivity index (χ4v) is 6.40. The highest BCUT2D eigenvalue weighted by Crippen LogP contribution is 2.35. The number of benzene rings is 1. The van der Waals surface area contributed by atoms with Crippen LogP contribution in [0.15, 0.2) is 23.6 Å². The second-order valence-electron chi connectivity index (χ2n) is 7.36. The molecule has 2 aromatic rings. The molecule has 2 amide bonds. The van der Waals surface area contributed by atoms with Crippen molar-refractivity contribution in [1.82, 2.24) is 9.88 Å². The maximum absolute atomic E-state index is 13.3. The van der Waals surface area contributed by atoms with Crippen molar-refractivity contribution in [3.05, 3.63) is 45.4 Å². The number of aromatic nitrogens is 1. The van der Waals surface area contributed by atoms with Gasteiger partial charge < -0.3 is 10.6 Å². The lowest BCUT2D eigenvalue weighted by Gasteiger charge is -2.24. The van der Waals surface area contributed by atoms with Gasteiger partial charge >= 0.3 is 0 Å². The third-order valence-electron chi connectivity index (χ3n) is 5.27. The first kappa shape index (κ1) is 19.8. The van der Waals surface area contributed by atoms with E-state index in [1.165, 1.54) is 27.8 Å². The Morgan fingerprint density at radius 3 is 2.55 bits per heavy atom. The number of amides is 2. The van der Waals surface area contributed by atoms with Crippen LogP contribution in [0.1, 0.15) is 56.7 Å². The Hall–Kier alpha value is -2.46. The van der Waals surface area contributed by atoms with Crippen LogP contribution in [-0.2, 0) is 10.0 Å². The van der Waals surface area contributed by atoms with Crippen LogP contribution in [0.25, 0.3) is 0 Å². The molecule has 1 unspecified atom stereocenters. The fourth-order valence-electron chi connectivity index (χ4n) is 3.91. The number of nitrogens with zero attached hydrogens (tertiary/aromatic N) is 3. The summed E-state index contributed by atoms with van der Waals surface area (Å²) < 4.78 is 25.9. The van der Waals surface area contributed by atoms with Gasteiger partial charge in [0.05, 0.1) is 17.5 Å². The molecule has 1 aromatic carbocycles. The van der Waals surface area contributed by atoms with Crippen molar-refractivity contribution in [2.24, 2.45) is 5.73 Å². The molecule has 10 heteroatoms. The highest BCUT2D eigenvalue weighted by Gasteiger charge is 2.34. The summed E-state index contributed by atoms with van der Waals surface area (Å²) >= 11 is 1.53. The largest absolute Gasteiger partial charge is 0.366 e. The van der Waals surface area contributed by atoms with E-state index in [-0.39, 0.29) is 28.8 Å². The minimum Gasteiger partial charge on any atom is -0.366 e. The molecule has 1 atom stereocenters. The Labute approximate surface area is 173 Å². The average molecular weight is 435 g/mol. The highest BCUT2D eigenvalue weighted by atomic mass is 32.2. The molecule has 0 spiro atoms. The molecule has 1 aromatic heterocycles. The number of primary amides is 1. The summed E-state index contributed by atoms with van der Waals surface area (Å²) in [5.41, 5.74) is 7.06. The molecule has 8 nitrogen and oxygen atoms in total. The Morgan fingerprint density at radius 1 is 1.17 bits per heavy atom. The van der Waals surface area contributed by atoms with Gasteiger partial charge in [0.2, 0.25) is 15.9 Å². The van der Waals surface area contributed by atoms with E-state index < -0.39 is 15.9 Å². The second kappa shape index (κ2) is 7.42. The van der Waals surface area contributed by atoms with Gasteiger partial charge in [0.15, 0.2) is 0 Å². The topological polar surface area (TPSA) is 114 Å². The monoisotopic (exact) mass is 434 g/mol. The fraction of sp³-hybridized carbons (Fsp3) is 0.421. The normalized spacial score (nSPS) is 20.9. The summed E-state index contributed by atoms with van der Waals surface area (Å²) in [6.45, 7) is 2.82. The van der Waals surface area contributed by atoms with E-state index >= 15 is 0 Å². The standard InChI is InChI=1S/C19H22N4O4S2/c1-12-11-28-18(21-12)16-4-2-5-22(16)19(25)14-8-13(17(20)24)9-15(10-14)23-6-3-7-29(23,26)27/h8-11,16H,2-7H2,1H3,(H2,20,24). The number of carbonyl (C=O) groups is 2. The van der Waals surface area contributed by atoms with E-state index in [9.17, 15) is 18.0 Å². The first-order valence-electron chi connectivity index (χ1n) is 9.44. The number of likely N-dealkylation sites (tertiary alicyclic amines) is 1.